The van der Waals surface area contributed by atoms with Crippen LogP contribution in [0.1, 0.15) is 22.5 Å². The summed E-state index contributed by atoms with van der Waals surface area (Å²) in [5.74, 6) is -1.12. The van der Waals surface area contributed by atoms with Gasteiger partial charge in [0, 0.05) is 6.07 Å². The van der Waals surface area contributed by atoms with Crippen molar-refractivity contribution in [1.29, 1.82) is 0 Å². The Labute approximate surface area is 90.2 Å². The molecule has 1 aromatic heterocycles. The molecule has 0 aliphatic heterocycles. The number of hydrogen-bond acceptors (Lipinski definition) is 2. The molecule has 76 valence electrons. The van der Waals surface area contributed by atoms with Gasteiger partial charge >= 0.3 is 0 Å². The van der Waals surface area contributed by atoms with Crippen molar-refractivity contribution < 1.29 is 18.0 Å². The molecule has 0 N–H and O–H groups in total. The van der Waals surface area contributed by atoms with E-state index < -0.39 is 28.7 Å². The van der Waals surface area contributed by atoms with Crippen molar-refractivity contribution in [3.63, 3.8) is 0 Å². The van der Waals surface area contributed by atoms with Crippen molar-refractivity contribution in [1.82, 2.24) is 4.98 Å². The van der Waals surface area contributed by atoms with Crippen molar-refractivity contribution in [2.24, 2.45) is 0 Å². The summed E-state index contributed by atoms with van der Waals surface area (Å²) in [6.45, 7) is 0. The first-order valence-electron chi connectivity index (χ1n) is 3.27. The van der Waals surface area contributed by atoms with Crippen molar-refractivity contribution >= 4 is 32.8 Å². The molecule has 0 aromatic carbocycles. The highest BCUT2D eigenvalue weighted by Gasteiger charge is 2.19. The van der Waals surface area contributed by atoms with E-state index in [9.17, 15) is 18.0 Å². The summed E-state index contributed by atoms with van der Waals surface area (Å²) >= 11 is 7.69. The van der Waals surface area contributed by atoms with Gasteiger partial charge in [0.05, 0.1) is 0 Å². The summed E-state index contributed by atoms with van der Waals surface area (Å²) in [6.07, 6.45) is -2.90. The lowest BCUT2D eigenvalue weighted by Gasteiger charge is -2.03. The van der Waals surface area contributed by atoms with Gasteiger partial charge < -0.3 is 0 Å². The molecular formula is C7H2BrClF3NO. The molecule has 0 aliphatic rings. The molecule has 0 spiro atoms. The lowest BCUT2D eigenvalue weighted by atomic mass is 10.2. The minimum absolute atomic E-state index is 0.326. The van der Waals surface area contributed by atoms with Gasteiger partial charge in [-0.15, -0.1) is 0 Å². The van der Waals surface area contributed by atoms with E-state index in [1.807, 2.05) is 0 Å². The van der Waals surface area contributed by atoms with Gasteiger partial charge in [0.25, 0.3) is 11.7 Å². The molecule has 1 heterocycles. The third kappa shape index (κ3) is 2.24. The first-order valence-corrected chi connectivity index (χ1v) is 4.44. The van der Waals surface area contributed by atoms with Gasteiger partial charge in [0.1, 0.15) is 21.7 Å². The first-order chi connectivity index (χ1) is 6.43. The van der Waals surface area contributed by atoms with Crippen molar-refractivity contribution in [3.8, 4) is 0 Å². The molecular weight excluding hydrogens is 286 g/mol. The van der Waals surface area contributed by atoms with E-state index in [1.165, 1.54) is 0 Å². The van der Waals surface area contributed by atoms with Gasteiger partial charge in [-0.25, -0.2) is 18.2 Å². The van der Waals surface area contributed by atoms with E-state index in [-0.39, 0.29) is 4.60 Å². The zero-order valence-electron chi connectivity index (χ0n) is 6.40. The molecule has 0 radical (unpaired) electrons. The Kier molecular flexibility index (Phi) is 3.49. The second kappa shape index (κ2) is 4.27. The monoisotopic (exact) mass is 287 g/mol. The summed E-state index contributed by atoms with van der Waals surface area (Å²) in [5.41, 5.74) is -1.30. The SMILES string of the molecule is O=C(Cl)c1c(F)cc(C(F)F)nc1Br. The molecule has 0 saturated heterocycles. The highest BCUT2D eigenvalue weighted by molar-refractivity contribution is 9.10. The van der Waals surface area contributed by atoms with E-state index in [0.29, 0.717) is 6.07 Å². The van der Waals surface area contributed by atoms with Gasteiger partial charge in [-0.05, 0) is 27.5 Å². The van der Waals surface area contributed by atoms with Gasteiger partial charge in [-0.1, -0.05) is 0 Å². The van der Waals surface area contributed by atoms with Crippen molar-refractivity contribution in [2.45, 2.75) is 6.43 Å². The van der Waals surface area contributed by atoms with Crippen molar-refractivity contribution in [2.75, 3.05) is 0 Å². The number of pyridine rings is 1. The largest absolute Gasteiger partial charge is 0.280 e. The van der Waals surface area contributed by atoms with Crippen LogP contribution in [-0.4, -0.2) is 10.2 Å². The zero-order chi connectivity index (χ0) is 10.9. The number of hydrogen-bond donors (Lipinski definition) is 0. The van der Waals surface area contributed by atoms with Gasteiger partial charge in [0.15, 0.2) is 0 Å². The van der Waals surface area contributed by atoms with Crippen LogP contribution >= 0.6 is 27.5 Å². The lowest BCUT2D eigenvalue weighted by Crippen LogP contribution is -2.02. The van der Waals surface area contributed by atoms with Crippen LogP contribution in [0.15, 0.2) is 10.7 Å². The number of halogens is 5. The number of nitrogens with zero attached hydrogens (tertiary/aromatic N) is 1. The molecule has 14 heavy (non-hydrogen) atoms. The second-order valence-corrected chi connectivity index (χ2v) is 3.36. The van der Waals surface area contributed by atoms with Crippen LogP contribution in [0.4, 0.5) is 13.2 Å². The maximum atomic E-state index is 13.0. The number of alkyl halides is 2. The molecule has 0 fully saturated rings. The Hall–Kier alpha value is -0.620. The van der Waals surface area contributed by atoms with Gasteiger partial charge in [0.2, 0.25) is 0 Å². The Bertz CT molecular complexity index is 362. The quantitative estimate of drug-likeness (QED) is 0.617. The average Bonchev–Trinajstić information content (AvgIpc) is 2.01. The Morgan fingerprint density at radius 2 is 2.14 bits per heavy atom. The first kappa shape index (κ1) is 11.5. The van der Waals surface area contributed by atoms with Crippen LogP contribution in [-0.2, 0) is 0 Å². The summed E-state index contributed by atoms with van der Waals surface area (Å²) in [7, 11) is 0. The van der Waals surface area contributed by atoms with Gasteiger partial charge in [-0.3, -0.25) is 4.79 Å². The Morgan fingerprint density at radius 3 is 2.50 bits per heavy atom. The predicted molar refractivity (Wildman–Crippen MR) is 47.0 cm³/mol. The van der Waals surface area contributed by atoms with Crippen molar-refractivity contribution in [3.05, 3.63) is 27.7 Å². The molecule has 7 heteroatoms. The molecule has 1 aromatic rings. The topological polar surface area (TPSA) is 30.0 Å². The van der Waals surface area contributed by atoms with E-state index >= 15 is 0 Å². The molecule has 0 unspecified atom stereocenters. The third-order valence-electron chi connectivity index (χ3n) is 1.37. The zero-order valence-corrected chi connectivity index (χ0v) is 8.74. The minimum Gasteiger partial charge on any atom is -0.275 e. The highest BCUT2D eigenvalue weighted by atomic mass is 79.9. The number of carbonyl (C=O) groups excluding carboxylic acids is 1. The Balaban J connectivity index is 3.32. The molecule has 2 nitrogen and oxygen atoms in total. The summed E-state index contributed by atoms with van der Waals surface area (Å²) in [6, 6.07) is 0.477. The van der Waals surface area contributed by atoms with E-state index in [1.54, 1.807) is 0 Å². The summed E-state index contributed by atoms with van der Waals surface area (Å²) in [4.78, 5) is 13.9. The van der Waals surface area contributed by atoms with Crippen LogP contribution in [0.25, 0.3) is 0 Å². The average molecular weight is 288 g/mol. The molecule has 0 aliphatic carbocycles. The minimum atomic E-state index is -2.90. The van der Waals surface area contributed by atoms with Crippen LogP contribution in [0.3, 0.4) is 0 Å². The summed E-state index contributed by atoms with van der Waals surface area (Å²) < 4.78 is 36.9. The number of carbonyl (C=O) groups is 1. The molecule has 0 saturated carbocycles. The van der Waals surface area contributed by atoms with Crippen LogP contribution < -0.4 is 0 Å². The summed E-state index contributed by atoms with van der Waals surface area (Å²) in [5, 5.41) is -1.09. The fourth-order valence-electron chi connectivity index (χ4n) is 0.789. The third-order valence-corrected chi connectivity index (χ3v) is 2.13. The maximum absolute atomic E-state index is 13.0. The molecule has 0 bridgehead atoms. The van der Waals surface area contributed by atoms with Crippen LogP contribution in [0, 0.1) is 5.82 Å². The molecule has 1 rings (SSSR count). The van der Waals surface area contributed by atoms with Gasteiger partial charge in [-0.2, -0.15) is 0 Å². The standard InChI is InChI=1S/C7H2BrClF3NO/c8-5-4(6(9)14)2(10)1-3(13-5)7(11)12/h1,7H. The Morgan fingerprint density at radius 1 is 1.57 bits per heavy atom. The normalized spacial score (nSPS) is 10.7. The van der Waals surface area contributed by atoms with E-state index in [4.69, 9.17) is 11.6 Å². The smallest absolute Gasteiger partial charge is 0.275 e. The highest BCUT2D eigenvalue weighted by Crippen LogP contribution is 2.25. The van der Waals surface area contributed by atoms with Crippen LogP contribution in [0.5, 0.6) is 0 Å². The fourth-order valence-corrected chi connectivity index (χ4v) is 1.66. The molecule has 0 atom stereocenters. The lowest BCUT2D eigenvalue weighted by molar-refractivity contribution is 0.107. The number of rotatable bonds is 2. The van der Waals surface area contributed by atoms with Crippen LogP contribution in [0.2, 0.25) is 0 Å². The number of aromatic nitrogens is 1. The van der Waals surface area contributed by atoms with E-state index in [2.05, 4.69) is 20.9 Å². The second-order valence-electron chi connectivity index (χ2n) is 2.27. The fraction of sp³-hybridized carbons (Fsp3) is 0.143. The predicted octanol–water partition coefficient (Wildman–Crippen LogP) is 3.30. The maximum Gasteiger partial charge on any atom is 0.280 e. The van der Waals surface area contributed by atoms with E-state index in [0.717, 1.165) is 0 Å². The molecule has 0 amide bonds.